The first-order chi connectivity index (χ1) is 16.2. The van der Waals surface area contributed by atoms with Crippen molar-refractivity contribution in [3.8, 4) is 10.6 Å². The summed E-state index contributed by atoms with van der Waals surface area (Å²) in [7, 11) is 1.26. The van der Waals surface area contributed by atoms with E-state index in [1.54, 1.807) is 43.5 Å². The molecule has 8 nitrogen and oxygen atoms in total. The van der Waals surface area contributed by atoms with Crippen molar-refractivity contribution in [2.45, 2.75) is 19.9 Å². The van der Waals surface area contributed by atoms with Gasteiger partial charge in [0.25, 0.3) is 5.91 Å². The Balaban J connectivity index is 1.62. The highest BCUT2D eigenvalue weighted by Gasteiger charge is 2.26. The van der Waals surface area contributed by atoms with Crippen molar-refractivity contribution in [2.24, 2.45) is 5.92 Å². The van der Waals surface area contributed by atoms with E-state index >= 15 is 0 Å². The Bertz CT molecular complexity index is 1200. The number of carbonyl (C=O) groups excluding carboxylic acids is 3. The van der Waals surface area contributed by atoms with Gasteiger partial charge in [-0.15, -0.1) is 11.3 Å². The largest absolute Gasteiger partial charge is 0.467 e. The summed E-state index contributed by atoms with van der Waals surface area (Å²) in [6.45, 7) is 3.59. The first-order valence-electron chi connectivity index (χ1n) is 10.2. The molecule has 2 aromatic carbocycles. The summed E-state index contributed by atoms with van der Waals surface area (Å²) < 4.78 is 31.0. The second-order valence-electron chi connectivity index (χ2n) is 7.54. The number of amides is 3. The number of hydrogen-bond acceptors (Lipinski definition) is 6. The molecule has 34 heavy (non-hydrogen) atoms. The standard InChI is InChI=1S/C23H22F2N4O4S/c1-12(2)19(22(31)33-3)29-20(30)18-11-34-21(28-18)13-4-6-14(7-5-13)26-23(32)27-15-8-9-16(24)17(25)10-15/h4-12,19H,1-3H3,(H,29,30)(H2,26,27,32). The van der Waals surface area contributed by atoms with Gasteiger partial charge < -0.3 is 20.7 Å². The topological polar surface area (TPSA) is 109 Å². The second-order valence-corrected chi connectivity index (χ2v) is 8.40. The van der Waals surface area contributed by atoms with Gasteiger partial charge in [-0.3, -0.25) is 4.79 Å². The number of anilines is 2. The number of thiazole rings is 1. The second kappa shape index (κ2) is 10.8. The molecular formula is C23H22F2N4O4S. The van der Waals surface area contributed by atoms with Gasteiger partial charge >= 0.3 is 12.0 Å². The highest BCUT2D eigenvalue weighted by atomic mass is 32.1. The average molecular weight is 489 g/mol. The maximum atomic E-state index is 13.3. The molecule has 0 bridgehead atoms. The van der Waals surface area contributed by atoms with Crippen LogP contribution < -0.4 is 16.0 Å². The van der Waals surface area contributed by atoms with Crippen LogP contribution in [0.5, 0.6) is 0 Å². The normalized spacial score (nSPS) is 11.6. The van der Waals surface area contributed by atoms with Crippen LogP contribution in [0, 0.1) is 17.6 Å². The first-order valence-corrected chi connectivity index (χ1v) is 11.0. The van der Waals surface area contributed by atoms with E-state index in [2.05, 4.69) is 20.9 Å². The molecule has 0 aliphatic carbocycles. The van der Waals surface area contributed by atoms with Gasteiger partial charge in [-0.1, -0.05) is 13.8 Å². The van der Waals surface area contributed by atoms with Crippen molar-refractivity contribution < 1.29 is 27.9 Å². The van der Waals surface area contributed by atoms with Crippen LogP contribution in [0.4, 0.5) is 25.0 Å². The molecule has 3 N–H and O–H groups in total. The molecule has 0 radical (unpaired) electrons. The molecular weight excluding hydrogens is 466 g/mol. The summed E-state index contributed by atoms with van der Waals surface area (Å²) in [4.78, 5) is 40.8. The van der Waals surface area contributed by atoms with Gasteiger partial charge in [0.1, 0.15) is 16.7 Å². The number of carbonyl (C=O) groups is 3. The fourth-order valence-corrected chi connectivity index (χ4v) is 3.72. The first kappa shape index (κ1) is 24.8. The lowest BCUT2D eigenvalue weighted by Crippen LogP contribution is -2.45. The van der Waals surface area contributed by atoms with Gasteiger partial charge in [0, 0.05) is 28.4 Å². The Hall–Kier alpha value is -3.86. The van der Waals surface area contributed by atoms with Crippen LogP contribution in [0.3, 0.4) is 0 Å². The summed E-state index contributed by atoms with van der Waals surface area (Å²) in [5.74, 6) is -3.25. The third-order valence-electron chi connectivity index (χ3n) is 4.71. The number of hydrogen-bond donors (Lipinski definition) is 3. The third kappa shape index (κ3) is 6.13. The summed E-state index contributed by atoms with van der Waals surface area (Å²) in [6.07, 6.45) is 0. The molecule has 11 heteroatoms. The van der Waals surface area contributed by atoms with Crippen LogP contribution >= 0.6 is 11.3 Å². The van der Waals surface area contributed by atoms with Crippen molar-refractivity contribution in [2.75, 3.05) is 17.7 Å². The van der Waals surface area contributed by atoms with Crippen molar-refractivity contribution in [1.29, 1.82) is 0 Å². The van der Waals surface area contributed by atoms with Gasteiger partial charge in [-0.2, -0.15) is 0 Å². The van der Waals surface area contributed by atoms with Crippen LogP contribution in [0.1, 0.15) is 24.3 Å². The molecule has 1 unspecified atom stereocenters. The number of ether oxygens (including phenoxy) is 1. The Morgan fingerprint density at radius 2 is 1.62 bits per heavy atom. The van der Waals surface area contributed by atoms with Crippen LogP contribution in [0.15, 0.2) is 47.8 Å². The number of benzene rings is 2. The lowest BCUT2D eigenvalue weighted by atomic mass is 10.0. The fraction of sp³-hybridized carbons (Fsp3) is 0.217. The molecule has 1 aromatic heterocycles. The highest BCUT2D eigenvalue weighted by Crippen LogP contribution is 2.25. The van der Waals surface area contributed by atoms with Crippen molar-refractivity contribution in [1.82, 2.24) is 10.3 Å². The molecule has 3 aromatic rings. The molecule has 1 atom stereocenters. The number of aromatic nitrogens is 1. The summed E-state index contributed by atoms with van der Waals surface area (Å²) >= 11 is 1.25. The minimum Gasteiger partial charge on any atom is -0.467 e. The minimum atomic E-state index is -1.07. The molecule has 0 saturated heterocycles. The van der Waals surface area contributed by atoms with Gasteiger partial charge in [-0.05, 0) is 42.3 Å². The van der Waals surface area contributed by atoms with Crippen molar-refractivity contribution in [3.63, 3.8) is 0 Å². The number of esters is 1. The van der Waals surface area contributed by atoms with E-state index in [9.17, 15) is 23.2 Å². The molecule has 0 spiro atoms. The maximum Gasteiger partial charge on any atom is 0.328 e. The number of urea groups is 1. The van der Waals surface area contributed by atoms with E-state index in [1.165, 1.54) is 24.5 Å². The van der Waals surface area contributed by atoms with Crippen LogP contribution in [0.2, 0.25) is 0 Å². The summed E-state index contributed by atoms with van der Waals surface area (Å²) in [5, 5.41) is 9.79. The van der Waals surface area contributed by atoms with E-state index in [4.69, 9.17) is 4.74 Å². The van der Waals surface area contributed by atoms with Gasteiger partial charge in [0.15, 0.2) is 11.6 Å². The molecule has 0 aliphatic heterocycles. The van der Waals surface area contributed by atoms with Gasteiger partial charge in [-0.25, -0.2) is 23.4 Å². The zero-order valence-electron chi connectivity index (χ0n) is 18.5. The maximum absolute atomic E-state index is 13.3. The van der Waals surface area contributed by atoms with Crippen LogP contribution in [-0.4, -0.2) is 36.0 Å². The highest BCUT2D eigenvalue weighted by molar-refractivity contribution is 7.13. The summed E-state index contributed by atoms with van der Waals surface area (Å²) in [5.41, 5.74) is 1.44. The minimum absolute atomic E-state index is 0.105. The number of halogens is 2. The van der Waals surface area contributed by atoms with E-state index in [-0.39, 0.29) is 17.3 Å². The van der Waals surface area contributed by atoms with E-state index in [1.807, 2.05) is 0 Å². The van der Waals surface area contributed by atoms with Gasteiger partial charge in [0.2, 0.25) is 0 Å². The number of methoxy groups -OCH3 is 1. The smallest absolute Gasteiger partial charge is 0.328 e. The lowest BCUT2D eigenvalue weighted by molar-refractivity contribution is -0.144. The lowest BCUT2D eigenvalue weighted by Gasteiger charge is -2.19. The Labute approximate surface area is 198 Å². The molecule has 178 valence electrons. The molecule has 0 saturated carbocycles. The van der Waals surface area contributed by atoms with E-state index < -0.39 is 35.6 Å². The number of rotatable bonds is 7. The molecule has 3 amide bonds. The summed E-state index contributed by atoms with van der Waals surface area (Å²) in [6, 6.07) is 8.30. The quantitative estimate of drug-likeness (QED) is 0.419. The zero-order valence-corrected chi connectivity index (χ0v) is 19.3. The van der Waals surface area contributed by atoms with Crippen molar-refractivity contribution in [3.05, 3.63) is 65.2 Å². The monoisotopic (exact) mass is 488 g/mol. The van der Waals surface area contributed by atoms with Crippen molar-refractivity contribution >= 4 is 40.6 Å². The molecule has 1 heterocycles. The van der Waals surface area contributed by atoms with Gasteiger partial charge in [0.05, 0.1) is 7.11 Å². The molecule has 3 rings (SSSR count). The SMILES string of the molecule is COC(=O)C(NC(=O)c1csc(-c2ccc(NC(=O)Nc3ccc(F)c(F)c3)cc2)n1)C(C)C. The predicted molar refractivity (Wildman–Crippen MR) is 125 cm³/mol. The Morgan fingerprint density at radius 3 is 2.24 bits per heavy atom. The van der Waals surface area contributed by atoms with E-state index in [0.29, 0.717) is 16.3 Å². The predicted octanol–water partition coefficient (Wildman–Crippen LogP) is 4.66. The molecule has 0 aliphatic rings. The average Bonchev–Trinajstić information content (AvgIpc) is 3.30. The van der Waals surface area contributed by atoms with Crippen LogP contribution in [0.25, 0.3) is 10.6 Å². The Kier molecular flexibility index (Phi) is 7.90. The fourth-order valence-electron chi connectivity index (χ4n) is 2.91. The zero-order chi connectivity index (χ0) is 24.8. The third-order valence-corrected chi connectivity index (χ3v) is 5.60. The van der Waals surface area contributed by atoms with E-state index in [0.717, 1.165) is 12.1 Å². The number of nitrogens with zero attached hydrogens (tertiary/aromatic N) is 1. The van der Waals surface area contributed by atoms with Crippen LogP contribution in [-0.2, 0) is 9.53 Å². The molecule has 0 fully saturated rings. The Morgan fingerprint density at radius 1 is 0.971 bits per heavy atom. The number of nitrogens with one attached hydrogen (secondary N) is 3.